The van der Waals surface area contributed by atoms with Crippen molar-refractivity contribution in [3.05, 3.63) is 24.2 Å². The number of nitrogens with one attached hydrogen (secondary N) is 1. The SMILES string of the molecule is I.OC1CCN(C(=NCC2CCCCC2)NCCc2ccco2)CC1. The summed E-state index contributed by atoms with van der Waals surface area (Å²) in [5.41, 5.74) is 0. The van der Waals surface area contributed by atoms with Crippen molar-refractivity contribution in [2.24, 2.45) is 10.9 Å². The maximum absolute atomic E-state index is 9.74. The lowest BCUT2D eigenvalue weighted by atomic mass is 9.89. The molecule has 0 atom stereocenters. The fourth-order valence-electron chi connectivity index (χ4n) is 3.68. The molecule has 0 aromatic carbocycles. The molecule has 1 aliphatic heterocycles. The Hall–Kier alpha value is -0.760. The Morgan fingerprint density at radius 2 is 1.96 bits per heavy atom. The Kier molecular flexibility index (Phi) is 9.09. The topological polar surface area (TPSA) is 61.0 Å². The van der Waals surface area contributed by atoms with Crippen LogP contribution in [0.5, 0.6) is 0 Å². The lowest BCUT2D eigenvalue weighted by Crippen LogP contribution is -2.47. The summed E-state index contributed by atoms with van der Waals surface area (Å²) in [6, 6.07) is 3.94. The molecule has 0 amide bonds. The predicted molar refractivity (Wildman–Crippen MR) is 112 cm³/mol. The van der Waals surface area contributed by atoms with E-state index < -0.39 is 0 Å². The van der Waals surface area contributed by atoms with Gasteiger partial charge in [-0.05, 0) is 43.7 Å². The van der Waals surface area contributed by atoms with Gasteiger partial charge in [-0.2, -0.15) is 0 Å². The molecule has 3 rings (SSSR count). The van der Waals surface area contributed by atoms with E-state index in [0.717, 1.165) is 63.1 Å². The normalized spacial score (nSPS) is 20.4. The first-order chi connectivity index (χ1) is 11.8. The lowest BCUT2D eigenvalue weighted by Gasteiger charge is -2.33. The predicted octanol–water partition coefficient (Wildman–Crippen LogP) is 3.42. The molecule has 0 bridgehead atoms. The fourth-order valence-corrected chi connectivity index (χ4v) is 3.68. The van der Waals surface area contributed by atoms with Gasteiger partial charge in [0.15, 0.2) is 5.96 Å². The Morgan fingerprint density at radius 1 is 1.20 bits per heavy atom. The number of piperidine rings is 1. The van der Waals surface area contributed by atoms with Crippen LogP contribution in [0.4, 0.5) is 0 Å². The van der Waals surface area contributed by atoms with E-state index in [1.54, 1.807) is 6.26 Å². The Bertz CT molecular complexity index is 493. The number of aliphatic hydroxyl groups excluding tert-OH is 1. The van der Waals surface area contributed by atoms with Gasteiger partial charge in [0, 0.05) is 32.6 Å². The number of rotatable bonds is 5. The summed E-state index contributed by atoms with van der Waals surface area (Å²) in [5, 5.41) is 13.3. The van der Waals surface area contributed by atoms with E-state index in [-0.39, 0.29) is 30.1 Å². The molecule has 1 aromatic rings. The van der Waals surface area contributed by atoms with Crippen molar-refractivity contribution >= 4 is 29.9 Å². The van der Waals surface area contributed by atoms with E-state index in [9.17, 15) is 5.11 Å². The molecular formula is C19H32IN3O2. The Balaban J connectivity index is 0.00000225. The van der Waals surface area contributed by atoms with Crippen molar-refractivity contribution in [1.29, 1.82) is 0 Å². The van der Waals surface area contributed by atoms with Gasteiger partial charge in [-0.3, -0.25) is 4.99 Å². The standard InChI is InChI=1S/C19H31N3O2.HI/c23-17-9-12-22(13-10-17)19(20-11-8-18-7-4-14-24-18)21-15-16-5-2-1-3-6-16;/h4,7,14,16-17,23H,1-3,5-6,8-13,15H2,(H,20,21);1H. The van der Waals surface area contributed by atoms with Gasteiger partial charge in [0.25, 0.3) is 0 Å². The van der Waals surface area contributed by atoms with Crippen LogP contribution in [0.3, 0.4) is 0 Å². The van der Waals surface area contributed by atoms with Crippen molar-refractivity contribution in [1.82, 2.24) is 10.2 Å². The number of aliphatic imine (C=N–C) groups is 1. The van der Waals surface area contributed by atoms with Gasteiger partial charge in [0.2, 0.25) is 0 Å². The zero-order chi connectivity index (χ0) is 16.6. The average molecular weight is 461 g/mol. The highest BCUT2D eigenvalue weighted by Gasteiger charge is 2.20. The van der Waals surface area contributed by atoms with Crippen molar-refractivity contribution in [3.63, 3.8) is 0 Å². The molecule has 0 unspecified atom stereocenters. The minimum absolute atomic E-state index is 0. The molecule has 0 radical (unpaired) electrons. The van der Waals surface area contributed by atoms with Crippen molar-refractivity contribution in [3.8, 4) is 0 Å². The van der Waals surface area contributed by atoms with Crippen molar-refractivity contribution in [2.75, 3.05) is 26.2 Å². The molecule has 6 heteroatoms. The van der Waals surface area contributed by atoms with E-state index in [2.05, 4.69) is 10.2 Å². The van der Waals surface area contributed by atoms with E-state index in [0.29, 0.717) is 0 Å². The van der Waals surface area contributed by atoms with E-state index in [4.69, 9.17) is 9.41 Å². The molecule has 2 heterocycles. The van der Waals surface area contributed by atoms with Crippen LogP contribution in [0.25, 0.3) is 0 Å². The van der Waals surface area contributed by atoms with Crippen molar-refractivity contribution < 1.29 is 9.52 Å². The molecule has 1 aliphatic carbocycles. The number of hydrogen-bond acceptors (Lipinski definition) is 3. The second-order valence-corrected chi connectivity index (χ2v) is 7.14. The third-order valence-electron chi connectivity index (χ3n) is 5.22. The van der Waals surface area contributed by atoms with Crippen LogP contribution in [0.1, 0.15) is 50.7 Å². The molecule has 25 heavy (non-hydrogen) atoms. The average Bonchev–Trinajstić information content (AvgIpc) is 3.13. The molecule has 2 N–H and O–H groups in total. The maximum Gasteiger partial charge on any atom is 0.193 e. The van der Waals surface area contributed by atoms with Crippen LogP contribution in [0.15, 0.2) is 27.8 Å². The number of aliphatic hydroxyl groups is 1. The third-order valence-corrected chi connectivity index (χ3v) is 5.22. The number of furan rings is 1. The van der Waals surface area contributed by atoms with Gasteiger partial charge in [-0.1, -0.05) is 19.3 Å². The van der Waals surface area contributed by atoms with Crippen molar-refractivity contribution in [2.45, 2.75) is 57.5 Å². The number of likely N-dealkylation sites (tertiary alicyclic amines) is 1. The highest BCUT2D eigenvalue weighted by atomic mass is 127. The van der Waals surface area contributed by atoms with Gasteiger partial charge >= 0.3 is 0 Å². The Labute approximate surface area is 168 Å². The van der Waals surface area contributed by atoms with Crippen LogP contribution >= 0.6 is 24.0 Å². The van der Waals surface area contributed by atoms with E-state index >= 15 is 0 Å². The number of guanidine groups is 1. The molecule has 1 aromatic heterocycles. The smallest absolute Gasteiger partial charge is 0.193 e. The summed E-state index contributed by atoms with van der Waals surface area (Å²) < 4.78 is 5.40. The summed E-state index contributed by atoms with van der Waals surface area (Å²) in [5.74, 6) is 2.76. The largest absolute Gasteiger partial charge is 0.469 e. The molecule has 1 saturated heterocycles. The van der Waals surface area contributed by atoms with Gasteiger partial charge in [-0.15, -0.1) is 24.0 Å². The highest BCUT2D eigenvalue weighted by Crippen LogP contribution is 2.23. The van der Waals surface area contributed by atoms with Crippen LogP contribution in [-0.2, 0) is 6.42 Å². The molecule has 2 aliphatic rings. The summed E-state index contributed by atoms with van der Waals surface area (Å²) in [7, 11) is 0. The first-order valence-electron chi connectivity index (χ1n) is 9.55. The second kappa shape index (κ2) is 11.1. The minimum atomic E-state index is -0.149. The Morgan fingerprint density at radius 3 is 2.64 bits per heavy atom. The molecular weight excluding hydrogens is 429 g/mol. The summed E-state index contributed by atoms with van der Waals surface area (Å²) in [6.45, 7) is 3.54. The lowest BCUT2D eigenvalue weighted by molar-refractivity contribution is 0.108. The molecule has 0 spiro atoms. The maximum atomic E-state index is 9.74. The number of nitrogens with zero attached hydrogens (tertiary/aromatic N) is 2. The summed E-state index contributed by atoms with van der Waals surface area (Å²) in [4.78, 5) is 7.24. The van der Waals surface area contributed by atoms with Crippen LogP contribution in [0.2, 0.25) is 0 Å². The highest BCUT2D eigenvalue weighted by molar-refractivity contribution is 14.0. The summed E-state index contributed by atoms with van der Waals surface area (Å²) in [6.07, 6.45) is 10.9. The molecule has 5 nitrogen and oxygen atoms in total. The second-order valence-electron chi connectivity index (χ2n) is 7.14. The fraction of sp³-hybridized carbons (Fsp3) is 0.737. The zero-order valence-corrected chi connectivity index (χ0v) is 17.4. The molecule has 2 fully saturated rings. The van der Waals surface area contributed by atoms with Gasteiger partial charge in [0.05, 0.1) is 12.4 Å². The van der Waals surface area contributed by atoms with E-state index in [1.807, 2.05) is 12.1 Å². The minimum Gasteiger partial charge on any atom is -0.469 e. The first kappa shape index (κ1) is 20.6. The summed E-state index contributed by atoms with van der Waals surface area (Å²) >= 11 is 0. The quantitative estimate of drug-likeness (QED) is 0.401. The van der Waals surface area contributed by atoms with Crippen LogP contribution in [0, 0.1) is 5.92 Å². The van der Waals surface area contributed by atoms with Gasteiger partial charge in [0.1, 0.15) is 5.76 Å². The van der Waals surface area contributed by atoms with Gasteiger partial charge in [-0.25, -0.2) is 0 Å². The number of hydrogen-bond donors (Lipinski definition) is 2. The van der Waals surface area contributed by atoms with Gasteiger partial charge < -0.3 is 19.7 Å². The van der Waals surface area contributed by atoms with Crippen LogP contribution < -0.4 is 5.32 Å². The molecule has 1 saturated carbocycles. The monoisotopic (exact) mass is 461 g/mol. The first-order valence-corrected chi connectivity index (χ1v) is 9.55. The zero-order valence-electron chi connectivity index (χ0n) is 15.0. The third kappa shape index (κ3) is 6.81. The molecule has 142 valence electrons. The number of halogens is 1. The van der Waals surface area contributed by atoms with Crippen LogP contribution in [-0.4, -0.2) is 48.2 Å². The van der Waals surface area contributed by atoms with E-state index in [1.165, 1.54) is 32.1 Å².